The lowest BCUT2D eigenvalue weighted by Gasteiger charge is -2.11. The fraction of sp³-hybridized carbons (Fsp3) is 0.250. The first-order valence-corrected chi connectivity index (χ1v) is 4.73. The highest BCUT2D eigenvalue weighted by atomic mass is 16.5. The Morgan fingerprint density at radius 2 is 2.33 bits per heavy atom. The van der Waals surface area contributed by atoms with Crippen LogP contribution in [0.25, 0.3) is 0 Å². The Labute approximate surface area is 89.5 Å². The quantitative estimate of drug-likeness (QED) is 0.740. The van der Waals surface area contributed by atoms with Crippen LogP contribution < -0.4 is 10.5 Å². The molecule has 80 valence electrons. The number of hydrogen-bond donors (Lipinski definition) is 1. The van der Waals surface area contributed by atoms with E-state index >= 15 is 0 Å². The van der Waals surface area contributed by atoms with Crippen molar-refractivity contribution in [3.63, 3.8) is 0 Å². The molecule has 0 fully saturated rings. The maximum absolute atomic E-state index is 10.9. The minimum Gasteiger partial charge on any atom is -0.496 e. The van der Waals surface area contributed by atoms with Gasteiger partial charge in [0.25, 0.3) is 0 Å². The standard InChI is InChI=1S/C12H15NO2/c1-3-5-10-9(8-12(13)14)6-4-7-11(10)15-2/h3-4,6-7H,1,5,8H2,2H3,(H2,13,14). The monoisotopic (exact) mass is 205 g/mol. The van der Waals surface area contributed by atoms with Gasteiger partial charge < -0.3 is 10.5 Å². The summed E-state index contributed by atoms with van der Waals surface area (Å²) in [5.41, 5.74) is 7.06. The number of nitrogens with two attached hydrogens (primary N) is 1. The van der Waals surface area contributed by atoms with Gasteiger partial charge >= 0.3 is 0 Å². The van der Waals surface area contributed by atoms with Crippen molar-refractivity contribution in [2.24, 2.45) is 5.73 Å². The van der Waals surface area contributed by atoms with Crippen LogP contribution in [0.5, 0.6) is 5.75 Å². The molecule has 0 saturated heterocycles. The molecule has 0 aliphatic heterocycles. The topological polar surface area (TPSA) is 52.3 Å². The first-order chi connectivity index (χ1) is 7.19. The van der Waals surface area contributed by atoms with E-state index in [1.807, 2.05) is 18.2 Å². The molecule has 3 nitrogen and oxygen atoms in total. The van der Waals surface area contributed by atoms with Crippen LogP contribution in [0.3, 0.4) is 0 Å². The van der Waals surface area contributed by atoms with Crippen molar-refractivity contribution in [3.05, 3.63) is 42.0 Å². The van der Waals surface area contributed by atoms with Gasteiger partial charge in [-0.05, 0) is 18.1 Å². The van der Waals surface area contributed by atoms with Gasteiger partial charge in [-0.15, -0.1) is 6.58 Å². The Hall–Kier alpha value is -1.77. The smallest absolute Gasteiger partial charge is 0.221 e. The Morgan fingerprint density at radius 3 is 2.87 bits per heavy atom. The number of primary amides is 1. The maximum atomic E-state index is 10.9. The largest absolute Gasteiger partial charge is 0.496 e. The summed E-state index contributed by atoms with van der Waals surface area (Å²) in [5.74, 6) is 0.433. The van der Waals surface area contributed by atoms with Crippen molar-refractivity contribution >= 4 is 5.91 Å². The Kier molecular flexibility index (Phi) is 3.92. The lowest BCUT2D eigenvalue weighted by molar-refractivity contribution is -0.117. The third-order valence-corrected chi connectivity index (χ3v) is 2.16. The molecule has 0 spiro atoms. The molecule has 1 aromatic carbocycles. The van der Waals surface area contributed by atoms with Crippen LogP contribution in [0.15, 0.2) is 30.9 Å². The highest BCUT2D eigenvalue weighted by molar-refractivity contribution is 5.77. The average molecular weight is 205 g/mol. The van der Waals surface area contributed by atoms with Gasteiger partial charge in [0, 0.05) is 5.56 Å². The molecule has 1 amide bonds. The number of carbonyl (C=O) groups excluding carboxylic acids is 1. The molecule has 1 aromatic rings. The van der Waals surface area contributed by atoms with Crippen LogP contribution >= 0.6 is 0 Å². The van der Waals surface area contributed by atoms with Crippen molar-refractivity contribution in [1.82, 2.24) is 0 Å². The molecule has 0 unspecified atom stereocenters. The molecule has 0 aliphatic rings. The second kappa shape index (κ2) is 5.20. The molecule has 0 bridgehead atoms. The van der Waals surface area contributed by atoms with Crippen molar-refractivity contribution in [3.8, 4) is 5.75 Å². The molecule has 1 rings (SSSR count). The second-order valence-electron chi connectivity index (χ2n) is 3.23. The second-order valence-corrected chi connectivity index (χ2v) is 3.23. The summed E-state index contributed by atoms with van der Waals surface area (Å²) in [5, 5.41) is 0. The van der Waals surface area contributed by atoms with Crippen molar-refractivity contribution in [2.45, 2.75) is 12.8 Å². The molecule has 3 heteroatoms. The lowest BCUT2D eigenvalue weighted by atomic mass is 10.0. The van der Waals surface area contributed by atoms with Crippen LogP contribution in [0.1, 0.15) is 11.1 Å². The highest BCUT2D eigenvalue weighted by Crippen LogP contribution is 2.23. The number of carbonyl (C=O) groups is 1. The van der Waals surface area contributed by atoms with Crippen LogP contribution in [-0.2, 0) is 17.6 Å². The van der Waals surface area contributed by atoms with Crippen molar-refractivity contribution in [2.75, 3.05) is 7.11 Å². The molecule has 2 N–H and O–H groups in total. The normalized spacial score (nSPS) is 9.67. The summed E-state index contributed by atoms with van der Waals surface area (Å²) in [6.07, 6.45) is 2.69. The summed E-state index contributed by atoms with van der Waals surface area (Å²) in [6, 6.07) is 5.60. The van der Waals surface area contributed by atoms with E-state index < -0.39 is 0 Å². The number of benzene rings is 1. The van der Waals surface area contributed by atoms with E-state index in [0.29, 0.717) is 6.42 Å². The van der Waals surface area contributed by atoms with Gasteiger partial charge in [0.2, 0.25) is 5.91 Å². The van der Waals surface area contributed by atoms with E-state index in [-0.39, 0.29) is 12.3 Å². The van der Waals surface area contributed by atoms with Crippen molar-refractivity contribution < 1.29 is 9.53 Å². The molecular weight excluding hydrogens is 190 g/mol. The zero-order valence-electron chi connectivity index (χ0n) is 8.82. The third kappa shape index (κ3) is 2.84. The van der Waals surface area contributed by atoms with Gasteiger partial charge in [0.1, 0.15) is 5.75 Å². The van der Waals surface area contributed by atoms with Crippen molar-refractivity contribution in [1.29, 1.82) is 0 Å². The number of methoxy groups -OCH3 is 1. The maximum Gasteiger partial charge on any atom is 0.221 e. The molecule has 0 radical (unpaired) electrons. The fourth-order valence-corrected chi connectivity index (χ4v) is 1.53. The average Bonchev–Trinajstić information content (AvgIpc) is 2.20. The van der Waals surface area contributed by atoms with E-state index in [0.717, 1.165) is 16.9 Å². The number of allylic oxidation sites excluding steroid dienone is 1. The minimum absolute atomic E-state index is 0.236. The van der Waals surface area contributed by atoms with Gasteiger partial charge in [0.05, 0.1) is 13.5 Å². The van der Waals surface area contributed by atoms with Gasteiger partial charge in [-0.3, -0.25) is 4.79 Å². The molecule has 0 atom stereocenters. The highest BCUT2D eigenvalue weighted by Gasteiger charge is 2.09. The van der Waals surface area contributed by atoms with Crippen LogP contribution in [0, 0.1) is 0 Å². The molecule has 15 heavy (non-hydrogen) atoms. The number of hydrogen-bond acceptors (Lipinski definition) is 2. The zero-order valence-corrected chi connectivity index (χ0v) is 8.82. The summed E-state index contributed by atoms with van der Waals surface area (Å²) in [4.78, 5) is 10.9. The predicted molar refractivity (Wildman–Crippen MR) is 59.8 cm³/mol. The summed E-state index contributed by atoms with van der Waals surface area (Å²) >= 11 is 0. The first kappa shape index (κ1) is 11.3. The summed E-state index contributed by atoms with van der Waals surface area (Å²) < 4.78 is 5.22. The number of rotatable bonds is 5. The molecular formula is C12H15NO2. The predicted octanol–water partition coefficient (Wildman–Crippen LogP) is 1.45. The van der Waals surface area contributed by atoms with Gasteiger partial charge in [-0.25, -0.2) is 0 Å². The van der Waals surface area contributed by atoms with E-state index in [1.165, 1.54) is 0 Å². The first-order valence-electron chi connectivity index (χ1n) is 4.73. The molecule has 0 aromatic heterocycles. The van der Waals surface area contributed by atoms with Crippen LogP contribution in [0.2, 0.25) is 0 Å². The lowest BCUT2D eigenvalue weighted by Crippen LogP contribution is -2.15. The van der Waals surface area contributed by atoms with Gasteiger partial charge in [-0.2, -0.15) is 0 Å². The molecule has 0 saturated carbocycles. The van der Waals surface area contributed by atoms with Crippen LogP contribution in [0.4, 0.5) is 0 Å². The minimum atomic E-state index is -0.339. The Balaban J connectivity index is 3.11. The van der Waals surface area contributed by atoms with E-state index in [4.69, 9.17) is 10.5 Å². The Bertz CT molecular complexity index is 372. The summed E-state index contributed by atoms with van der Waals surface area (Å²) in [6.45, 7) is 3.68. The number of ether oxygens (including phenoxy) is 1. The zero-order chi connectivity index (χ0) is 11.3. The molecule has 0 aliphatic carbocycles. The SMILES string of the molecule is C=CCc1c(CC(N)=O)cccc1OC. The van der Waals surface area contributed by atoms with E-state index in [2.05, 4.69) is 6.58 Å². The molecule has 0 heterocycles. The summed E-state index contributed by atoms with van der Waals surface area (Å²) in [7, 11) is 1.61. The van der Waals surface area contributed by atoms with Gasteiger partial charge in [-0.1, -0.05) is 18.2 Å². The van der Waals surface area contributed by atoms with E-state index in [1.54, 1.807) is 13.2 Å². The van der Waals surface area contributed by atoms with Gasteiger partial charge in [0.15, 0.2) is 0 Å². The fourth-order valence-electron chi connectivity index (χ4n) is 1.53. The van der Waals surface area contributed by atoms with E-state index in [9.17, 15) is 4.79 Å². The Morgan fingerprint density at radius 1 is 1.60 bits per heavy atom. The third-order valence-electron chi connectivity index (χ3n) is 2.16. The number of amides is 1. The van der Waals surface area contributed by atoms with Crippen LogP contribution in [-0.4, -0.2) is 13.0 Å².